The maximum Gasteiger partial charge on any atom is 0.301 e. The fraction of sp³-hybridized carbons (Fsp3) is 0.226. The Morgan fingerprint density at radius 3 is 2.29 bits per heavy atom. The minimum Gasteiger partial charge on any atom is -0.507 e. The van der Waals surface area contributed by atoms with Gasteiger partial charge in [-0.15, -0.1) is 10.2 Å². The summed E-state index contributed by atoms with van der Waals surface area (Å²) in [6.07, 6.45) is 0. The number of carbonyl (C=O) groups excluding carboxylic acids is 2. The largest absolute Gasteiger partial charge is 0.507 e. The maximum absolute atomic E-state index is 13.7. The molecule has 0 saturated carbocycles. The van der Waals surface area contributed by atoms with Gasteiger partial charge < -0.3 is 19.3 Å². The lowest BCUT2D eigenvalue weighted by molar-refractivity contribution is -0.132. The van der Waals surface area contributed by atoms with E-state index in [4.69, 9.17) is 14.2 Å². The van der Waals surface area contributed by atoms with Crippen LogP contribution < -0.4 is 19.1 Å². The summed E-state index contributed by atoms with van der Waals surface area (Å²) < 4.78 is 17.3. The monoisotopic (exact) mass is 603 g/mol. The fourth-order valence-electron chi connectivity index (χ4n) is 4.82. The molecule has 0 aliphatic carbocycles. The van der Waals surface area contributed by atoms with Crippen molar-refractivity contribution in [2.75, 3.05) is 26.2 Å². The molecule has 1 saturated heterocycles. The number of hydrogen-bond acceptors (Lipinski definition) is 10. The number of anilines is 1. The predicted octanol–water partition coefficient (Wildman–Crippen LogP) is 6.10. The SMILES string of the molecule is COc1cc(C2C(=C(O)c3cc(C)ccc3C)C(=O)C(=O)N2c2nnc(SCc3ccccc3)s2)cc(OC)c1OC. The summed E-state index contributed by atoms with van der Waals surface area (Å²) in [6, 6.07) is 17.8. The molecular formula is C31H29N3O6S2. The van der Waals surface area contributed by atoms with Gasteiger partial charge in [0.05, 0.1) is 32.9 Å². The quantitative estimate of drug-likeness (QED) is 0.0798. The number of Topliss-reactive ketones (excluding diaryl/α,β-unsaturated/α-hetero) is 1. The van der Waals surface area contributed by atoms with Crippen LogP contribution in [0.4, 0.5) is 5.13 Å². The van der Waals surface area contributed by atoms with Crippen molar-refractivity contribution in [2.45, 2.75) is 30.0 Å². The molecule has 1 atom stereocenters. The molecule has 5 rings (SSSR count). The lowest BCUT2D eigenvalue weighted by Crippen LogP contribution is -2.29. The Labute approximate surface area is 251 Å². The molecule has 2 heterocycles. The van der Waals surface area contributed by atoms with E-state index in [9.17, 15) is 14.7 Å². The highest BCUT2D eigenvalue weighted by molar-refractivity contribution is 8.00. The molecule has 1 N–H and O–H groups in total. The molecule has 1 aliphatic heterocycles. The second-order valence-electron chi connectivity index (χ2n) is 9.57. The second-order valence-corrected chi connectivity index (χ2v) is 11.7. The van der Waals surface area contributed by atoms with Crippen molar-refractivity contribution in [3.05, 3.63) is 94.1 Å². The molecule has 11 heteroatoms. The highest BCUT2D eigenvalue weighted by Gasteiger charge is 2.49. The van der Waals surface area contributed by atoms with E-state index in [0.29, 0.717) is 38.5 Å². The Morgan fingerprint density at radius 2 is 1.64 bits per heavy atom. The number of aliphatic hydroxyl groups excluding tert-OH is 1. The van der Waals surface area contributed by atoms with Crippen LogP contribution in [0.5, 0.6) is 17.2 Å². The third kappa shape index (κ3) is 5.45. The van der Waals surface area contributed by atoms with Crippen LogP contribution in [0.3, 0.4) is 0 Å². The first-order valence-corrected chi connectivity index (χ1v) is 14.8. The maximum atomic E-state index is 13.7. The lowest BCUT2D eigenvalue weighted by Gasteiger charge is -2.24. The molecule has 0 bridgehead atoms. The molecular weight excluding hydrogens is 574 g/mol. The molecule has 1 fully saturated rings. The van der Waals surface area contributed by atoms with Gasteiger partial charge in [0.15, 0.2) is 15.8 Å². The van der Waals surface area contributed by atoms with Gasteiger partial charge in [0.25, 0.3) is 5.78 Å². The zero-order chi connectivity index (χ0) is 30.0. The normalized spacial score (nSPS) is 16.1. The third-order valence-electron chi connectivity index (χ3n) is 6.90. The predicted molar refractivity (Wildman–Crippen MR) is 163 cm³/mol. The number of ketones is 1. The van der Waals surface area contributed by atoms with Crippen LogP contribution in [0.1, 0.15) is 33.9 Å². The van der Waals surface area contributed by atoms with E-state index in [1.165, 1.54) is 49.3 Å². The van der Waals surface area contributed by atoms with Crippen molar-refractivity contribution in [1.82, 2.24) is 10.2 Å². The number of carbonyl (C=O) groups is 2. The van der Waals surface area contributed by atoms with Gasteiger partial charge in [0.2, 0.25) is 10.9 Å². The topological polar surface area (TPSA) is 111 Å². The number of amides is 1. The zero-order valence-corrected chi connectivity index (χ0v) is 25.3. The van der Waals surface area contributed by atoms with E-state index in [1.54, 1.807) is 18.2 Å². The van der Waals surface area contributed by atoms with Gasteiger partial charge in [-0.05, 0) is 48.7 Å². The van der Waals surface area contributed by atoms with Crippen LogP contribution in [0.15, 0.2) is 70.6 Å². The summed E-state index contributed by atoms with van der Waals surface area (Å²) in [5.41, 5.74) is 3.61. The Kier molecular flexibility index (Phi) is 8.51. The number of rotatable bonds is 9. The van der Waals surface area contributed by atoms with Gasteiger partial charge in [-0.2, -0.15) is 0 Å². The number of aryl methyl sites for hydroxylation is 2. The van der Waals surface area contributed by atoms with Crippen LogP contribution in [-0.4, -0.2) is 48.3 Å². The van der Waals surface area contributed by atoms with Crippen molar-refractivity contribution in [3.63, 3.8) is 0 Å². The van der Waals surface area contributed by atoms with E-state index >= 15 is 0 Å². The standard InChI is InChI=1S/C31H29N3O6S2/c1-17-11-12-18(2)21(13-17)26(35)24-25(20-14-22(38-3)28(40-5)23(15-20)39-4)34(29(37)27(24)36)30-32-33-31(42-30)41-16-19-9-7-6-8-10-19/h6-15,25,35H,16H2,1-5H3. The Bertz CT molecular complexity index is 1660. The van der Waals surface area contributed by atoms with E-state index in [1.807, 2.05) is 56.3 Å². The average molecular weight is 604 g/mol. The van der Waals surface area contributed by atoms with Crippen molar-refractivity contribution < 1.29 is 28.9 Å². The van der Waals surface area contributed by atoms with Gasteiger partial charge in [0.1, 0.15) is 5.76 Å². The first kappa shape index (κ1) is 29.2. The summed E-state index contributed by atoms with van der Waals surface area (Å²) in [5, 5.41) is 20.5. The Hall–Kier alpha value is -4.35. The van der Waals surface area contributed by atoms with Crippen molar-refractivity contribution in [2.24, 2.45) is 0 Å². The fourth-order valence-corrected chi connectivity index (χ4v) is 6.64. The first-order valence-electron chi connectivity index (χ1n) is 13.0. The van der Waals surface area contributed by atoms with E-state index in [2.05, 4.69) is 10.2 Å². The molecule has 1 unspecified atom stereocenters. The molecule has 216 valence electrons. The molecule has 1 aromatic heterocycles. The molecule has 4 aromatic rings. The number of benzene rings is 3. The van der Waals surface area contributed by atoms with Crippen LogP contribution in [-0.2, 0) is 15.3 Å². The van der Waals surface area contributed by atoms with E-state index in [0.717, 1.165) is 16.7 Å². The van der Waals surface area contributed by atoms with Gasteiger partial charge in [-0.1, -0.05) is 71.1 Å². The smallest absolute Gasteiger partial charge is 0.301 e. The van der Waals surface area contributed by atoms with Crippen LogP contribution >= 0.6 is 23.1 Å². The molecule has 0 radical (unpaired) electrons. The third-order valence-corrected chi connectivity index (χ3v) is 9.03. The lowest BCUT2D eigenvalue weighted by atomic mass is 9.93. The van der Waals surface area contributed by atoms with Crippen molar-refractivity contribution in [1.29, 1.82) is 0 Å². The molecule has 42 heavy (non-hydrogen) atoms. The van der Waals surface area contributed by atoms with Crippen LogP contribution in [0, 0.1) is 13.8 Å². The molecule has 3 aromatic carbocycles. The number of thioether (sulfide) groups is 1. The van der Waals surface area contributed by atoms with Crippen molar-refractivity contribution >= 4 is 45.7 Å². The average Bonchev–Trinajstić information content (AvgIpc) is 3.58. The number of hydrogen-bond donors (Lipinski definition) is 1. The van der Waals surface area contributed by atoms with Gasteiger partial charge in [-0.3, -0.25) is 14.5 Å². The highest BCUT2D eigenvalue weighted by Crippen LogP contribution is 2.48. The number of ether oxygens (including phenoxy) is 3. The number of aromatic nitrogens is 2. The van der Waals surface area contributed by atoms with Crippen LogP contribution in [0.2, 0.25) is 0 Å². The molecule has 1 aliphatic rings. The van der Waals surface area contributed by atoms with E-state index < -0.39 is 17.7 Å². The molecule has 9 nitrogen and oxygen atoms in total. The molecule has 0 spiro atoms. The zero-order valence-electron chi connectivity index (χ0n) is 23.7. The summed E-state index contributed by atoms with van der Waals surface area (Å²) in [4.78, 5) is 28.7. The first-order chi connectivity index (χ1) is 20.3. The minimum absolute atomic E-state index is 0.0725. The van der Waals surface area contributed by atoms with E-state index in [-0.39, 0.29) is 16.5 Å². The minimum atomic E-state index is -1.04. The summed E-state index contributed by atoms with van der Waals surface area (Å²) in [5.74, 6) is -0.250. The summed E-state index contributed by atoms with van der Waals surface area (Å²) in [7, 11) is 4.45. The summed E-state index contributed by atoms with van der Waals surface area (Å²) in [6.45, 7) is 3.72. The Balaban J connectivity index is 1.66. The van der Waals surface area contributed by atoms with Crippen LogP contribution in [0.25, 0.3) is 5.76 Å². The van der Waals surface area contributed by atoms with Gasteiger partial charge in [0, 0.05) is 11.3 Å². The van der Waals surface area contributed by atoms with Crippen molar-refractivity contribution in [3.8, 4) is 17.2 Å². The Morgan fingerprint density at radius 1 is 0.952 bits per heavy atom. The highest BCUT2D eigenvalue weighted by atomic mass is 32.2. The number of nitrogens with zero attached hydrogens (tertiary/aromatic N) is 3. The number of methoxy groups -OCH3 is 3. The van der Waals surface area contributed by atoms with Gasteiger partial charge >= 0.3 is 5.91 Å². The molecule has 1 amide bonds. The second kappa shape index (κ2) is 12.3. The number of aliphatic hydroxyl groups is 1. The van der Waals surface area contributed by atoms with Gasteiger partial charge in [-0.25, -0.2) is 0 Å². The summed E-state index contributed by atoms with van der Waals surface area (Å²) >= 11 is 2.68.